The third kappa shape index (κ3) is 7.59. The van der Waals surface area contributed by atoms with Crippen molar-refractivity contribution >= 4 is 39.6 Å². The fourth-order valence-electron chi connectivity index (χ4n) is 2.73. The highest BCUT2D eigenvalue weighted by molar-refractivity contribution is 7.92. The number of benzene rings is 1. The summed E-state index contributed by atoms with van der Waals surface area (Å²) in [7, 11) is -3.71. The molecule has 0 saturated carbocycles. The Morgan fingerprint density at radius 3 is 2.48 bits per heavy atom. The molecule has 0 atom stereocenters. The molecule has 0 radical (unpaired) electrons. The highest BCUT2D eigenvalue weighted by atomic mass is 32.2. The first-order valence-electron chi connectivity index (χ1n) is 9.54. The largest absolute Gasteiger partial charge is 0.433 e. The predicted molar refractivity (Wildman–Crippen MR) is 119 cm³/mol. The lowest BCUT2D eigenvalue weighted by atomic mass is 10.1. The molecule has 0 saturated heterocycles. The van der Waals surface area contributed by atoms with Gasteiger partial charge < -0.3 is 10.6 Å². The summed E-state index contributed by atoms with van der Waals surface area (Å²) in [6, 6.07) is 4.52. The fraction of sp³-hybridized carbons (Fsp3) is 0.238. The van der Waals surface area contributed by atoms with Crippen molar-refractivity contribution in [3.8, 4) is 0 Å². The Balaban J connectivity index is 2.14. The number of anilines is 2. The number of nitrogens with zero attached hydrogens (tertiary/aromatic N) is 1. The third-order valence-corrected chi connectivity index (χ3v) is 4.70. The smallest absolute Gasteiger partial charge is 0.370 e. The number of pyridine rings is 1. The summed E-state index contributed by atoms with van der Waals surface area (Å²) in [5.74, 6) is -1.46. The summed E-state index contributed by atoms with van der Waals surface area (Å²) in [6.45, 7) is 5.44. The first kappa shape index (κ1) is 25.8. The molecule has 0 aliphatic carbocycles. The summed E-state index contributed by atoms with van der Waals surface area (Å²) in [4.78, 5) is 15.7. The van der Waals surface area contributed by atoms with Gasteiger partial charge in [-0.15, -0.1) is 0 Å². The summed E-state index contributed by atoms with van der Waals surface area (Å²) >= 11 is 0. The van der Waals surface area contributed by atoms with E-state index in [1.165, 1.54) is 24.3 Å². The third-order valence-electron chi connectivity index (χ3n) is 4.13. The molecular weight excluding hydrogens is 464 g/mol. The minimum absolute atomic E-state index is 0.0250. The number of rotatable bonds is 9. The van der Waals surface area contributed by atoms with E-state index in [-0.39, 0.29) is 29.2 Å². The average Bonchev–Trinajstić information content (AvgIpc) is 2.71. The second kappa shape index (κ2) is 10.5. The summed E-state index contributed by atoms with van der Waals surface area (Å²) < 4.78 is 77.8. The molecule has 0 spiro atoms. The minimum atomic E-state index is -4.60. The standard InChI is InChI=1S/C21H22F4N4O3S/c1-4-14-10-13(11-16(22)19(14)29-33(3,31)32)12-27-18(30)9-7-15-6-8-17(21(23,24)25)28-20(15)26-5-2/h4,6-11,29H,1,5,12H2,2-3H3,(H,26,28)(H,27,30). The van der Waals surface area contributed by atoms with Crippen LogP contribution >= 0.6 is 0 Å². The Bertz CT molecular complexity index is 1180. The van der Waals surface area contributed by atoms with Crippen LogP contribution in [-0.2, 0) is 27.5 Å². The van der Waals surface area contributed by atoms with E-state index in [2.05, 4.69) is 26.9 Å². The van der Waals surface area contributed by atoms with Gasteiger partial charge in [0.05, 0.1) is 11.9 Å². The van der Waals surface area contributed by atoms with Crippen LogP contribution in [0, 0.1) is 5.82 Å². The maximum Gasteiger partial charge on any atom is 0.433 e. The Morgan fingerprint density at radius 1 is 1.21 bits per heavy atom. The van der Waals surface area contributed by atoms with Gasteiger partial charge in [-0.2, -0.15) is 13.2 Å². The van der Waals surface area contributed by atoms with Gasteiger partial charge in [-0.05, 0) is 42.8 Å². The molecule has 1 aromatic carbocycles. The molecule has 1 aromatic heterocycles. The first-order valence-corrected chi connectivity index (χ1v) is 11.4. The van der Waals surface area contributed by atoms with Gasteiger partial charge in [0.25, 0.3) is 0 Å². The molecule has 0 aliphatic heterocycles. The Morgan fingerprint density at radius 2 is 1.91 bits per heavy atom. The van der Waals surface area contributed by atoms with Crippen molar-refractivity contribution in [2.24, 2.45) is 0 Å². The molecule has 0 fully saturated rings. The van der Waals surface area contributed by atoms with Crippen LogP contribution in [0.25, 0.3) is 12.2 Å². The first-order chi connectivity index (χ1) is 15.3. The molecule has 1 heterocycles. The molecule has 0 bridgehead atoms. The zero-order valence-electron chi connectivity index (χ0n) is 17.8. The molecule has 0 unspecified atom stereocenters. The van der Waals surface area contributed by atoms with Crippen molar-refractivity contribution in [1.82, 2.24) is 10.3 Å². The lowest BCUT2D eigenvalue weighted by molar-refractivity contribution is -0.141. The lowest BCUT2D eigenvalue weighted by Gasteiger charge is -2.12. The average molecular weight is 486 g/mol. The Labute approximate surface area is 188 Å². The molecule has 1 amide bonds. The van der Waals surface area contributed by atoms with Crippen LogP contribution in [0.4, 0.5) is 29.1 Å². The molecular formula is C21H22F4N4O3S. The van der Waals surface area contributed by atoms with Gasteiger partial charge in [0.15, 0.2) is 0 Å². The summed E-state index contributed by atoms with van der Waals surface area (Å²) in [6.07, 6.45) is -0.0460. The molecule has 33 heavy (non-hydrogen) atoms. The van der Waals surface area contributed by atoms with Gasteiger partial charge in [-0.1, -0.05) is 12.7 Å². The number of carbonyl (C=O) groups is 1. The van der Waals surface area contributed by atoms with Crippen molar-refractivity contribution < 1.29 is 30.8 Å². The van der Waals surface area contributed by atoms with Gasteiger partial charge in [0, 0.05) is 30.3 Å². The number of nitrogens with one attached hydrogen (secondary N) is 3. The number of alkyl halides is 3. The zero-order chi connectivity index (χ0) is 24.8. The van der Waals surface area contributed by atoms with Crippen LogP contribution in [-0.4, -0.2) is 32.1 Å². The van der Waals surface area contributed by atoms with Gasteiger partial charge >= 0.3 is 6.18 Å². The highest BCUT2D eigenvalue weighted by Gasteiger charge is 2.32. The van der Waals surface area contributed by atoms with Crippen molar-refractivity contribution in [1.29, 1.82) is 0 Å². The van der Waals surface area contributed by atoms with Gasteiger partial charge in [-0.3, -0.25) is 9.52 Å². The zero-order valence-corrected chi connectivity index (χ0v) is 18.6. The molecule has 2 aromatic rings. The van der Waals surface area contributed by atoms with Crippen molar-refractivity contribution in [2.45, 2.75) is 19.6 Å². The van der Waals surface area contributed by atoms with E-state index in [4.69, 9.17) is 0 Å². The topological polar surface area (TPSA) is 100 Å². The predicted octanol–water partition coefficient (Wildman–Crippen LogP) is 4.02. The van der Waals surface area contributed by atoms with Crippen molar-refractivity contribution in [3.63, 3.8) is 0 Å². The number of amides is 1. The molecule has 12 heteroatoms. The van der Waals surface area contributed by atoms with E-state index in [0.717, 1.165) is 24.5 Å². The monoisotopic (exact) mass is 486 g/mol. The second-order valence-electron chi connectivity index (χ2n) is 6.83. The molecule has 3 N–H and O–H groups in total. The highest BCUT2D eigenvalue weighted by Crippen LogP contribution is 2.30. The SMILES string of the molecule is C=Cc1cc(CNC(=O)C=Cc2ccc(C(F)(F)F)nc2NCC)cc(F)c1NS(C)(=O)=O. The molecule has 2 rings (SSSR count). The number of hydrogen-bond donors (Lipinski definition) is 3. The van der Waals surface area contributed by atoms with E-state index in [1.54, 1.807) is 6.92 Å². The lowest BCUT2D eigenvalue weighted by Crippen LogP contribution is -2.21. The molecule has 7 nitrogen and oxygen atoms in total. The fourth-order valence-corrected chi connectivity index (χ4v) is 3.31. The Kier molecular flexibility index (Phi) is 8.20. The summed E-state index contributed by atoms with van der Waals surface area (Å²) in [5.41, 5.74) is -0.516. The van der Waals surface area contributed by atoms with Gasteiger partial charge in [-0.25, -0.2) is 17.8 Å². The number of hydrogen-bond acceptors (Lipinski definition) is 5. The normalized spacial score (nSPS) is 11.9. The van der Waals surface area contributed by atoms with E-state index >= 15 is 0 Å². The van der Waals surface area contributed by atoms with Crippen LogP contribution < -0.4 is 15.4 Å². The number of aromatic nitrogens is 1. The van der Waals surface area contributed by atoms with Crippen molar-refractivity contribution in [2.75, 3.05) is 22.8 Å². The number of halogens is 4. The van der Waals surface area contributed by atoms with Crippen LogP contribution in [0.3, 0.4) is 0 Å². The molecule has 0 aliphatic rings. The minimum Gasteiger partial charge on any atom is -0.370 e. The maximum absolute atomic E-state index is 14.4. The van der Waals surface area contributed by atoms with Crippen LogP contribution in [0.1, 0.15) is 29.3 Å². The van der Waals surface area contributed by atoms with Crippen LogP contribution in [0.2, 0.25) is 0 Å². The number of sulfonamides is 1. The van der Waals surface area contributed by atoms with Crippen molar-refractivity contribution in [3.05, 3.63) is 65.1 Å². The van der Waals surface area contributed by atoms with Crippen LogP contribution in [0.15, 0.2) is 36.9 Å². The van der Waals surface area contributed by atoms with E-state index < -0.39 is 33.6 Å². The molecule has 178 valence electrons. The van der Waals surface area contributed by atoms with Crippen LogP contribution in [0.5, 0.6) is 0 Å². The van der Waals surface area contributed by atoms with Gasteiger partial charge in [0.2, 0.25) is 15.9 Å². The summed E-state index contributed by atoms with van der Waals surface area (Å²) in [5, 5.41) is 5.23. The van der Waals surface area contributed by atoms with Gasteiger partial charge in [0.1, 0.15) is 17.3 Å². The van der Waals surface area contributed by atoms with E-state index in [9.17, 15) is 30.8 Å². The number of carbonyl (C=O) groups excluding carboxylic acids is 1. The van der Waals surface area contributed by atoms with E-state index in [1.807, 2.05) is 0 Å². The maximum atomic E-state index is 14.4. The Hall–Kier alpha value is -3.41. The quantitative estimate of drug-likeness (QED) is 0.367. The van der Waals surface area contributed by atoms with E-state index in [0.29, 0.717) is 12.1 Å². The second-order valence-corrected chi connectivity index (χ2v) is 8.58.